The van der Waals surface area contributed by atoms with E-state index >= 15 is 0 Å². The molecule has 3 amide bonds. The summed E-state index contributed by atoms with van der Waals surface area (Å²) in [4.78, 5) is 72.4. The van der Waals surface area contributed by atoms with Gasteiger partial charge in [0.15, 0.2) is 0 Å². The number of hydrogen-bond donors (Lipinski definition) is 8. The molecule has 0 radical (unpaired) electrons. The van der Waals surface area contributed by atoms with Gasteiger partial charge in [0.1, 0.15) is 23.9 Å². The molecule has 9 N–H and O–H groups in total. The number of rotatable bonds is 17. The van der Waals surface area contributed by atoms with E-state index in [0.29, 0.717) is 12.0 Å². The molecule has 0 bridgehead atoms. The van der Waals surface area contributed by atoms with E-state index in [4.69, 9.17) is 15.9 Å². The minimum atomic E-state index is -1.44. The van der Waals surface area contributed by atoms with E-state index < -0.39 is 72.1 Å². The van der Waals surface area contributed by atoms with Crippen LogP contribution >= 0.6 is 0 Å². The van der Waals surface area contributed by atoms with Gasteiger partial charge in [-0.05, 0) is 36.5 Å². The number of hydrogen-bond acceptors (Lipinski definition) is 8. The van der Waals surface area contributed by atoms with Crippen molar-refractivity contribution in [2.45, 2.75) is 76.5 Å². The van der Waals surface area contributed by atoms with Gasteiger partial charge < -0.3 is 42.1 Å². The first kappa shape index (κ1) is 32.8. The summed E-state index contributed by atoms with van der Waals surface area (Å²) >= 11 is 0. The van der Waals surface area contributed by atoms with Crippen LogP contribution in [0.1, 0.15) is 51.5 Å². The van der Waals surface area contributed by atoms with Crippen molar-refractivity contribution in [3.63, 3.8) is 0 Å². The van der Waals surface area contributed by atoms with Crippen LogP contribution in [0.5, 0.6) is 5.75 Å². The molecule has 14 heteroatoms. The molecule has 39 heavy (non-hydrogen) atoms. The lowest BCUT2D eigenvalue weighted by Gasteiger charge is -2.28. The van der Waals surface area contributed by atoms with Crippen molar-refractivity contribution in [2.24, 2.45) is 11.7 Å². The molecule has 0 fully saturated rings. The van der Waals surface area contributed by atoms with Crippen molar-refractivity contribution in [2.75, 3.05) is 0 Å². The normalized spacial score (nSPS) is 14.6. The molecular weight excluding hydrogens is 516 g/mol. The van der Waals surface area contributed by atoms with Gasteiger partial charge in [-0.15, -0.1) is 0 Å². The average molecular weight is 553 g/mol. The van der Waals surface area contributed by atoms with E-state index in [1.165, 1.54) is 24.3 Å². The molecule has 0 aliphatic carbocycles. The molecule has 1 rings (SSSR count). The summed E-state index contributed by atoms with van der Waals surface area (Å²) in [7, 11) is 0. The lowest BCUT2D eigenvalue weighted by molar-refractivity contribution is -0.143. The lowest BCUT2D eigenvalue weighted by atomic mass is 9.96. The monoisotopic (exact) mass is 552 g/mol. The fourth-order valence-electron chi connectivity index (χ4n) is 3.51. The number of phenolic OH excluding ortho intramolecular Hbond substituents is 1. The average Bonchev–Trinajstić information content (AvgIpc) is 2.87. The number of nitrogens with one attached hydrogen (secondary N) is 3. The number of phenols is 1. The van der Waals surface area contributed by atoms with Gasteiger partial charge in [-0.2, -0.15) is 0 Å². The minimum Gasteiger partial charge on any atom is -0.508 e. The van der Waals surface area contributed by atoms with Gasteiger partial charge in [-0.25, -0.2) is 4.79 Å². The Bertz CT molecular complexity index is 1030. The predicted molar refractivity (Wildman–Crippen MR) is 136 cm³/mol. The van der Waals surface area contributed by atoms with Crippen molar-refractivity contribution in [1.29, 1.82) is 0 Å². The number of carboxylic acids is 3. The molecule has 0 spiro atoms. The number of aromatic hydroxyl groups is 1. The second kappa shape index (κ2) is 15.9. The second-order valence-corrected chi connectivity index (χ2v) is 9.17. The van der Waals surface area contributed by atoms with Crippen molar-refractivity contribution in [3.8, 4) is 5.75 Å². The number of amides is 3. The Morgan fingerprint density at radius 1 is 0.795 bits per heavy atom. The summed E-state index contributed by atoms with van der Waals surface area (Å²) in [6.07, 6.45) is -1.15. The van der Waals surface area contributed by atoms with E-state index in [1.54, 1.807) is 13.8 Å². The van der Waals surface area contributed by atoms with Crippen LogP contribution in [0.3, 0.4) is 0 Å². The highest BCUT2D eigenvalue weighted by atomic mass is 16.4. The van der Waals surface area contributed by atoms with Gasteiger partial charge in [0, 0.05) is 19.3 Å². The number of aliphatic carboxylic acids is 3. The second-order valence-electron chi connectivity index (χ2n) is 9.17. The molecule has 0 aliphatic rings. The van der Waals surface area contributed by atoms with E-state index in [-0.39, 0.29) is 31.4 Å². The third kappa shape index (κ3) is 11.8. The highest BCUT2D eigenvalue weighted by Crippen LogP contribution is 2.13. The highest BCUT2D eigenvalue weighted by Gasteiger charge is 2.32. The van der Waals surface area contributed by atoms with Crippen LogP contribution in [0.2, 0.25) is 0 Å². The van der Waals surface area contributed by atoms with Gasteiger partial charge in [0.2, 0.25) is 17.7 Å². The van der Waals surface area contributed by atoms with Crippen LogP contribution < -0.4 is 21.7 Å². The third-order valence-corrected chi connectivity index (χ3v) is 6.07. The van der Waals surface area contributed by atoms with Crippen LogP contribution in [-0.2, 0) is 35.2 Å². The fraction of sp³-hybridized carbons (Fsp3) is 0.520. The SMILES string of the molecule is CCC(C)C(NC(=O)C(N)CCC(=O)O)C(=O)NC(CCC(=O)O)C(=O)NC(Cc1ccc(O)cc1)C(=O)O. The molecule has 1 aromatic carbocycles. The molecule has 0 aliphatic heterocycles. The van der Waals surface area contributed by atoms with Crippen molar-refractivity contribution in [1.82, 2.24) is 16.0 Å². The molecule has 5 atom stereocenters. The third-order valence-electron chi connectivity index (χ3n) is 6.07. The zero-order valence-electron chi connectivity index (χ0n) is 21.8. The quantitative estimate of drug-likeness (QED) is 0.123. The van der Waals surface area contributed by atoms with E-state index in [9.17, 15) is 39.0 Å². The molecule has 5 unspecified atom stereocenters. The Kier molecular flexibility index (Phi) is 13.4. The number of carbonyl (C=O) groups excluding carboxylic acids is 3. The molecule has 0 aromatic heterocycles. The van der Waals surface area contributed by atoms with Crippen LogP contribution in [0.25, 0.3) is 0 Å². The first-order valence-corrected chi connectivity index (χ1v) is 12.4. The maximum atomic E-state index is 13.1. The summed E-state index contributed by atoms with van der Waals surface area (Å²) in [6, 6.07) is 0.381. The Hall–Kier alpha value is -4.20. The molecule has 0 heterocycles. The number of carboxylic acid groups (broad SMARTS) is 3. The summed E-state index contributed by atoms with van der Waals surface area (Å²) in [5.74, 6) is -6.80. The molecular formula is C25H36N4O10. The molecule has 216 valence electrons. The van der Waals surface area contributed by atoms with Gasteiger partial charge in [0.05, 0.1) is 6.04 Å². The Morgan fingerprint density at radius 2 is 1.33 bits per heavy atom. The van der Waals surface area contributed by atoms with Gasteiger partial charge >= 0.3 is 17.9 Å². The summed E-state index contributed by atoms with van der Waals surface area (Å²) in [5, 5.41) is 44.1. The highest BCUT2D eigenvalue weighted by molar-refractivity contribution is 5.94. The van der Waals surface area contributed by atoms with Crippen LogP contribution in [0.15, 0.2) is 24.3 Å². The number of benzene rings is 1. The fourth-order valence-corrected chi connectivity index (χ4v) is 3.51. The predicted octanol–water partition coefficient (Wildman–Crippen LogP) is -0.423. The Morgan fingerprint density at radius 3 is 1.85 bits per heavy atom. The summed E-state index contributed by atoms with van der Waals surface area (Å²) in [5.41, 5.74) is 6.23. The Labute approximate surface area is 225 Å². The van der Waals surface area contributed by atoms with E-state index in [1.807, 2.05) is 0 Å². The van der Waals surface area contributed by atoms with Crippen molar-refractivity contribution < 1.29 is 49.2 Å². The zero-order valence-corrected chi connectivity index (χ0v) is 21.8. The first-order valence-electron chi connectivity index (χ1n) is 12.4. The topological polar surface area (TPSA) is 245 Å². The largest absolute Gasteiger partial charge is 0.508 e. The number of nitrogens with two attached hydrogens (primary N) is 1. The van der Waals surface area contributed by atoms with Gasteiger partial charge in [-0.1, -0.05) is 32.4 Å². The molecule has 0 saturated heterocycles. The van der Waals surface area contributed by atoms with Gasteiger partial charge in [0.25, 0.3) is 0 Å². The zero-order chi connectivity index (χ0) is 29.7. The van der Waals surface area contributed by atoms with Crippen LogP contribution in [-0.4, -0.2) is 80.2 Å². The molecule has 1 aromatic rings. The summed E-state index contributed by atoms with van der Waals surface area (Å²) in [6.45, 7) is 3.40. The van der Waals surface area contributed by atoms with Crippen molar-refractivity contribution in [3.05, 3.63) is 29.8 Å². The Balaban J connectivity index is 3.06. The maximum Gasteiger partial charge on any atom is 0.326 e. The van der Waals surface area contributed by atoms with E-state index in [0.717, 1.165) is 0 Å². The summed E-state index contributed by atoms with van der Waals surface area (Å²) < 4.78 is 0. The standard InChI is InChI=1S/C25H36N4O10/c1-3-13(2)21(29-22(35)16(26)8-10-19(31)32)24(37)27-17(9-11-20(33)34)23(36)28-18(25(38)39)12-14-4-6-15(30)7-5-14/h4-7,13,16-18,21,30H,3,8-12,26H2,1-2H3,(H,27,37)(H,28,36)(H,29,35)(H,31,32)(H,33,34)(H,38,39). The molecule has 0 saturated carbocycles. The minimum absolute atomic E-state index is 0.0306. The van der Waals surface area contributed by atoms with Crippen molar-refractivity contribution >= 4 is 35.6 Å². The molecule has 14 nitrogen and oxygen atoms in total. The lowest BCUT2D eigenvalue weighted by Crippen LogP contribution is -2.58. The van der Waals surface area contributed by atoms with Gasteiger partial charge in [-0.3, -0.25) is 24.0 Å². The smallest absolute Gasteiger partial charge is 0.326 e. The maximum absolute atomic E-state index is 13.1. The van der Waals surface area contributed by atoms with E-state index in [2.05, 4.69) is 16.0 Å². The van der Waals surface area contributed by atoms with Crippen LogP contribution in [0.4, 0.5) is 0 Å². The van der Waals surface area contributed by atoms with Crippen LogP contribution in [0, 0.1) is 5.92 Å². The number of carbonyl (C=O) groups is 6. The first-order chi connectivity index (χ1) is 18.2.